The number of aromatic carboxylic acids is 1. The van der Waals surface area contributed by atoms with E-state index in [1.165, 1.54) is 0 Å². The number of hydrogen-bond donors (Lipinski definition) is 1. The Morgan fingerprint density at radius 2 is 1.69 bits per heavy atom. The van der Waals surface area contributed by atoms with Crippen LogP contribution in [0.15, 0.2) is 6.07 Å². The van der Waals surface area contributed by atoms with Crippen LogP contribution in [0.4, 0.5) is 40.9 Å². The SMILES string of the molecule is C[C@@H]1C[C@H](C(F)(F)C(F)(F)F)n2nc(C(=O)O)cc2N1C(=O)C(F)(F)F. The van der Waals surface area contributed by atoms with Gasteiger partial charge in [0.05, 0.1) is 0 Å². The van der Waals surface area contributed by atoms with Gasteiger partial charge >= 0.3 is 30.2 Å². The predicted molar refractivity (Wildman–Crippen MR) is 66.8 cm³/mol. The van der Waals surface area contributed by atoms with E-state index in [2.05, 4.69) is 5.10 Å². The van der Waals surface area contributed by atoms with Gasteiger partial charge in [0.25, 0.3) is 0 Å². The number of nitrogens with zero attached hydrogens (tertiary/aromatic N) is 3. The summed E-state index contributed by atoms with van der Waals surface area (Å²) in [5.74, 6) is -11.0. The lowest BCUT2D eigenvalue weighted by Gasteiger charge is -2.40. The van der Waals surface area contributed by atoms with Crippen molar-refractivity contribution in [3.63, 3.8) is 0 Å². The van der Waals surface area contributed by atoms with Gasteiger partial charge in [0, 0.05) is 12.1 Å². The molecule has 2 atom stereocenters. The Morgan fingerprint density at radius 1 is 1.15 bits per heavy atom. The second kappa shape index (κ2) is 5.81. The zero-order chi connectivity index (χ0) is 20.2. The van der Waals surface area contributed by atoms with E-state index in [1.54, 1.807) is 0 Å². The fraction of sp³-hybridized carbons (Fsp3) is 0.583. The van der Waals surface area contributed by atoms with E-state index in [1.807, 2.05) is 0 Å². The van der Waals surface area contributed by atoms with Crippen molar-refractivity contribution in [3.8, 4) is 0 Å². The van der Waals surface area contributed by atoms with Crippen LogP contribution < -0.4 is 4.90 Å². The van der Waals surface area contributed by atoms with Gasteiger partial charge in [-0.1, -0.05) is 0 Å². The first-order valence-electron chi connectivity index (χ1n) is 6.76. The molecule has 1 N–H and O–H groups in total. The number of rotatable bonds is 2. The molecule has 26 heavy (non-hydrogen) atoms. The molecule has 6 nitrogen and oxygen atoms in total. The topological polar surface area (TPSA) is 75.4 Å². The van der Waals surface area contributed by atoms with Crippen LogP contribution in [0, 0.1) is 0 Å². The summed E-state index contributed by atoms with van der Waals surface area (Å²) in [6.07, 6.45) is -12.8. The fourth-order valence-electron chi connectivity index (χ4n) is 2.58. The average Bonchev–Trinajstić information content (AvgIpc) is 2.88. The van der Waals surface area contributed by atoms with Crippen LogP contribution in [0.1, 0.15) is 29.9 Å². The third-order valence-corrected chi connectivity index (χ3v) is 3.74. The number of amides is 1. The van der Waals surface area contributed by atoms with Crippen LogP contribution in [0.2, 0.25) is 0 Å². The maximum Gasteiger partial charge on any atom is 0.471 e. The number of fused-ring (bicyclic) bond motifs is 1. The summed E-state index contributed by atoms with van der Waals surface area (Å²) in [6.45, 7) is 0.833. The maximum atomic E-state index is 13.8. The highest BCUT2D eigenvalue weighted by Gasteiger charge is 2.65. The van der Waals surface area contributed by atoms with Gasteiger partial charge in [-0.05, 0) is 13.3 Å². The van der Waals surface area contributed by atoms with Crippen LogP contribution in [0.25, 0.3) is 0 Å². The van der Waals surface area contributed by atoms with E-state index in [9.17, 15) is 44.7 Å². The molecule has 1 aliphatic heterocycles. The van der Waals surface area contributed by atoms with Crippen molar-refractivity contribution in [1.82, 2.24) is 9.78 Å². The van der Waals surface area contributed by atoms with Crippen molar-refractivity contribution in [3.05, 3.63) is 11.8 Å². The van der Waals surface area contributed by atoms with Crippen molar-refractivity contribution in [2.24, 2.45) is 0 Å². The molecule has 2 rings (SSSR count). The first-order valence-corrected chi connectivity index (χ1v) is 6.76. The lowest BCUT2D eigenvalue weighted by atomic mass is 9.97. The van der Waals surface area contributed by atoms with Crippen LogP contribution in [0.5, 0.6) is 0 Å². The summed E-state index contributed by atoms with van der Waals surface area (Å²) >= 11 is 0. The molecule has 1 aliphatic rings. The van der Waals surface area contributed by atoms with Gasteiger partial charge in [-0.25, -0.2) is 9.48 Å². The van der Waals surface area contributed by atoms with Gasteiger partial charge in [0.2, 0.25) is 0 Å². The minimum Gasteiger partial charge on any atom is -0.476 e. The molecule has 0 saturated carbocycles. The Balaban J connectivity index is 2.67. The number of halogens is 8. The standard InChI is InChI=1S/C12H9F8N3O3/c1-4-2-6(10(13,14)12(18,19)20)23-7(3-5(21-23)8(24)25)22(4)9(26)11(15,16)17/h3-4,6H,2H2,1H3,(H,24,25)/t4-,6-/m1/s1. The Hall–Kier alpha value is -2.41. The summed E-state index contributed by atoms with van der Waals surface area (Å²) in [6, 6.07) is -4.22. The zero-order valence-corrected chi connectivity index (χ0v) is 12.6. The highest BCUT2D eigenvalue weighted by Crippen LogP contribution is 2.49. The minimum absolute atomic E-state index is 0.0948. The number of hydrogen-bond acceptors (Lipinski definition) is 3. The minimum atomic E-state index is -6.07. The number of aromatic nitrogens is 2. The number of alkyl halides is 8. The number of carboxylic acid groups (broad SMARTS) is 1. The third-order valence-electron chi connectivity index (χ3n) is 3.74. The van der Waals surface area contributed by atoms with E-state index in [4.69, 9.17) is 5.11 Å². The van der Waals surface area contributed by atoms with Gasteiger partial charge in [-0.3, -0.25) is 9.69 Å². The summed E-state index contributed by atoms with van der Waals surface area (Å²) < 4.78 is 104. The number of anilines is 1. The first kappa shape index (κ1) is 19.9. The van der Waals surface area contributed by atoms with Gasteiger partial charge < -0.3 is 5.11 Å². The fourth-order valence-corrected chi connectivity index (χ4v) is 2.58. The predicted octanol–water partition coefficient (Wildman–Crippen LogP) is 3.01. The molecular weight excluding hydrogens is 386 g/mol. The molecule has 14 heteroatoms. The van der Waals surface area contributed by atoms with Crippen LogP contribution in [-0.2, 0) is 4.79 Å². The molecule has 0 radical (unpaired) electrons. The van der Waals surface area contributed by atoms with Gasteiger partial charge in [-0.2, -0.15) is 40.2 Å². The monoisotopic (exact) mass is 395 g/mol. The number of carboxylic acids is 1. The highest BCUT2D eigenvalue weighted by atomic mass is 19.4. The van der Waals surface area contributed by atoms with Crippen LogP contribution in [0.3, 0.4) is 0 Å². The van der Waals surface area contributed by atoms with E-state index < -0.39 is 60.2 Å². The second-order valence-electron chi connectivity index (χ2n) is 5.53. The van der Waals surface area contributed by atoms with Gasteiger partial charge in [0.15, 0.2) is 5.69 Å². The van der Waals surface area contributed by atoms with Crippen LogP contribution in [-0.4, -0.2) is 51.1 Å². The average molecular weight is 395 g/mol. The van der Waals surface area contributed by atoms with Crippen molar-refractivity contribution in [1.29, 1.82) is 0 Å². The lowest BCUT2D eigenvalue weighted by Crippen LogP contribution is -2.55. The van der Waals surface area contributed by atoms with Crippen molar-refractivity contribution in [2.45, 2.75) is 43.7 Å². The van der Waals surface area contributed by atoms with E-state index in [0.717, 1.165) is 6.92 Å². The third kappa shape index (κ3) is 3.07. The maximum absolute atomic E-state index is 13.8. The molecule has 1 amide bonds. The molecule has 1 aromatic rings. The van der Waals surface area contributed by atoms with Crippen molar-refractivity contribution < 1.29 is 49.8 Å². The van der Waals surface area contributed by atoms with Crippen molar-refractivity contribution in [2.75, 3.05) is 4.90 Å². The Bertz CT molecular complexity index is 739. The smallest absolute Gasteiger partial charge is 0.471 e. The van der Waals surface area contributed by atoms with Crippen molar-refractivity contribution >= 4 is 17.7 Å². The molecule has 0 fully saturated rings. The van der Waals surface area contributed by atoms with Crippen LogP contribution >= 0.6 is 0 Å². The number of carbonyl (C=O) groups excluding carboxylic acids is 1. The molecule has 0 bridgehead atoms. The lowest BCUT2D eigenvalue weighted by molar-refractivity contribution is -0.301. The largest absolute Gasteiger partial charge is 0.476 e. The molecule has 0 saturated heterocycles. The van der Waals surface area contributed by atoms with Gasteiger partial charge in [-0.15, -0.1) is 0 Å². The Morgan fingerprint density at radius 3 is 2.12 bits per heavy atom. The zero-order valence-electron chi connectivity index (χ0n) is 12.6. The molecule has 0 spiro atoms. The molecule has 0 aromatic carbocycles. The molecule has 146 valence electrons. The summed E-state index contributed by atoms with van der Waals surface area (Å²) in [4.78, 5) is 22.3. The first-order chi connectivity index (χ1) is 11.6. The summed E-state index contributed by atoms with van der Waals surface area (Å²) in [5.41, 5.74) is -1.09. The molecule has 2 heterocycles. The molecular formula is C12H9F8N3O3. The molecule has 0 aliphatic carbocycles. The summed E-state index contributed by atoms with van der Waals surface area (Å²) in [5, 5.41) is 11.9. The van der Waals surface area contributed by atoms with Gasteiger partial charge in [0.1, 0.15) is 11.9 Å². The molecule has 0 unspecified atom stereocenters. The highest BCUT2D eigenvalue weighted by molar-refractivity contribution is 5.98. The summed E-state index contributed by atoms with van der Waals surface area (Å²) in [7, 11) is 0. The Labute approximate surface area is 139 Å². The normalized spacial score (nSPS) is 21.5. The Kier molecular flexibility index (Phi) is 4.45. The molecule has 1 aromatic heterocycles. The second-order valence-corrected chi connectivity index (χ2v) is 5.53. The van der Waals surface area contributed by atoms with E-state index >= 15 is 0 Å². The van der Waals surface area contributed by atoms with E-state index in [-0.39, 0.29) is 9.58 Å². The van der Waals surface area contributed by atoms with E-state index in [0.29, 0.717) is 6.07 Å². The quantitative estimate of drug-likeness (QED) is 0.782. The number of carbonyl (C=O) groups is 2.